The Balaban J connectivity index is 2.51. The number of alkyl halides is 1. The summed E-state index contributed by atoms with van der Waals surface area (Å²) in [4.78, 5) is 22.4. The third kappa shape index (κ3) is 4.99. The highest BCUT2D eigenvalue weighted by molar-refractivity contribution is 9.09. The number of hydrogen-bond acceptors (Lipinski definition) is 3. The molecule has 0 spiro atoms. The lowest BCUT2D eigenvalue weighted by Crippen LogP contribution is -2.16. The maximum Gasteiger partial charge on any atom is 0.231 e. The number of Topliss-reactive ketones (excluding diaryl/α,β-unsaturated/α-hetero) is 1. The van der Waals surface area contributed by atoms with Crippen molar-refractivity contribution in [3.8, 4) is 5.75 Å². The number of benzene rings is 1. The fourth-order valence-electron chi connectivity index (χ4n) is 1.23. The Kier molecular flexibility index (Phi) is 5.69. The number of nitrogens with one attached hydrogen (secondary N) is 1. The summed E-state index contributed by atoms with van der Waals surface area (Å²) in [5.74, 6) is 0.300. The molecule has 0 bridgehead atoms. The molecule has 0 aromatic heterocycles. The van der Waals surface area contributed by atoms with Gasteiger partial charge in [0, 0.05) is 5.69 Å². The zero-order valence-electron chi connectivity index (χ0n) is 9.53. The first-order chi connectivity index (χ1) is 8.15. The molecule has 1 N–H and O–H groups in total. The van der Waals surface area contributed by atoms with Crippen LogP contribution in [0.5, 0.6) is 5.75 Å². The van der Waals surface area contributed by atoms with E-state index in [0.29, 0.717) is 12.3 Å². The number of carbonyl (C=O) groups excluding carboxylic acids is 2. The summed E-state index contributed by atoms with van der Waals surface area (Å²) >= 11 is 3.01. The highest BCUT2D eigenvalue weighted by Gasteiger charge is 2.08. The van der Waals surface area contributed by atoms with Gasteiger partial charge < -0.3 is 10.1 Å². The number of hydrogen-bond donors (Lipinski definition) is 1. The molecule has 0 heterocycles. The fraction of sp³-hybridized carbons (Fsp3) is 0.333. The summed E-state index contributed by atoms with van der Waals surface area (Å²) in [6.45, 7) is 2.51. The van der Waals surface area contributed by atoms with Crippen LogP contribution in [-0.2, 0) is 9.59 Å². The molecule has 0 aliphatic rings. The SMILES string of the molecule is CCOc1ccc(NC(=O)CC(=O)CBr)cc1. The van der Waals surface area contributed by atoms with Crippen LogP contribution in [0.2, 0.25) is 0 Å². The minimum absolute atomic E-state index is 0.113. The Labute approximate surface area is 108 Å². The zero-order chi connectivity index (χ0) is 12.7. The maximum atomic E-state index is 11.4. The Hall–Kier alpha value is -1.36. The molecule has 5 heteroatoms. The lowest BCUT2D eigenvalue weighted by Gasteiger charge is -2.06. The van der Waals surface area contributed by atoms with Gasteiger partial charge in [0.2, 0.25) is 5.91 Å². The summed E-state index contributed by atoms with van der Waals surface area (Å²) in [5.41, 5.74) is 0.654. The molecule has 4 nitrogen and oxygen atoms in total. The van der Waals surface area contributed by atoms with Gasteiger partial charge in [-0.15, -0.1) is 0 Å². The first-order valence-electron chi connectivity index (χ1n) is 5.26. The third-order valence-electron chi connectivity index (χ3n) is 1.96. The van der Waals surface area contributed by atoms with Gasteiger partial charge in [0.15, 0.2) is 5.78 Å². The van der Waals surface area contributed by atoms with Crippen molar-refractivity contribution in [2.75, 3.05) is 17.3 Å². The van der Waals surface area contributed by atoms with E-state index in [2.05, 4.69) is 21.2 Å². The van der Waals surface area contributed by atoms with E-state index >= 15 is 0 Å². The Morgan fingerprint density at radius 2 is 1.94 bits per heavy atom. The molecular formula is C12H14BrNO3. The predicted octanol–water partition coefficient (Wildman–Crippen LogP) is 2.38. The first kappa shape index (κ1) is 13.7. The second-order valence-electron chi connectivity index (χ2n) is 3.35. The van der Waals surface area contributed by atoms with Crippen molar-refractivity contribution in [3.05, 3.63) is 24.3 Å². The summed E-state index contributed by atoms with van der Waals surface area (Å²) in [5, 5.41) is 2.84. The largest absolute Gasteiger partial charge is 0.494 e. The molecular weight excluding hydrogens is 286 g/mol. The number of rotatable bonds is 6. The van der Waals surface area contributed by atoms with Gasteiger partial charge in [0.25, 0.3) is 0 Å². The summed E-state index contributed by atoms with van der Waals surface area (Å²) < 4.78 is 5.27. The number of anilines is 1. The van der Waals surface area contributed by atoms with E-state index in [1.165, 1.54) is 0 Å². The first-order valence-corrected chi connectivity index (χ1v) is 6.38. The molecule has 17 heavy (non-hydrogen) atoms. The maximum absolute atomic E-state index is 11.4. The van der Waals surface area contributed by atoms with Crippen LogP contribution in [0.3, 0.4) is 0 Å². The van der Waals surface area contributed by atoms with Crippen LogP contribution in [0.25, 0.3) is 0 Å². The molecule has 0 saturated heterocycles. The van der Waals surface area contributed by atoms with Crippen molar-refractivity contribution in [2.24, 2.45) is 0 Å². The van der Waals surface area contributed by atoms with E-state index < -0.39 is 0 Å². The van der Waals surface area contributed by atoms with Crippen LogP contribution < -0.4 is 10.1 Å². The van der Waals surface area contributed by atoms with Crippen molar-refractivity contribution in [2.45, 2.75) is 13.3 Å². The molecule has 0 unspecified atom stereocenters. The van der Waals surface area contributed by atoms with Crippen molar-refractivity contribution >= 4 is 33.3 Å². The van der Waals surface area contributed by atoms with E-state index in [1.807, 2.05) is 6.92 Å². The molecule has 0 aliphatic heterocycles. The Morgan fingerprint density at radius 1 is 1.29 bits per heavy atom. The summed E-state index contributed by atoms with van der Waals surface area (Å²) in [7, 11) is 0. The van der Waals surface area contributed by atoms with Crippen LogP contribution >= 0.6 is 15.9 Å². The van der Waals surface area contributed by atoms with E-state index in [4.69, 9.17) is 4.74 Å². The normalized spacial score (nSPS) is 9.76. The molecule has 92 valence electrons. The monoisotopic (exact) mass is 299 g/mol. The van der Waals surface area contributed by atoms with Crippen molar-refractivity contribution in [3.63, 3.8) is 0 Å². The lowest BCUT2D eigenvalue weighted by molar-refractivity contribution is -0.123. The van der Waals surface area contributed by atoms with Crippen LogP contribution in [0, 0.1) is 0 Å². The van der Waals surface area contributed by atoms with Crippen molar-refractivity contribution in [1.29, 1.82) is 0 Å². The number of carbonyl (C=O) groups is 2. The Bertz CT molecular complexity index is 389. The van der Waals surface area contributed by atoms with Crippen molar-refractivity contribution in [1.82, 2.24) is 0 Å². The fourth-order valence-corrected chi connectivity index (χ4v) is 1.43. The average Bonchev–Trinajstić information content (AvgIpc) is 2.31. The molecule has 1 rings (SSSR count). The third-order valence-corrected chi connectivity index (χ3v) is 2.58. The topological polar surface area (TPSA) is 55.4 Å². The van der Waals surface area contributed by atoms with E-state index in [1.54, 1.807) is 24.3 Å². The molecule has 0 fully saturated rings. The number of ketones is 1. The van der Waals surface area contributed by atoms with Crippen LogP contribution in [-0.4, -0.2) is 23.6 Å². The van der Waals surface area contributed by atoms with Gasteiger partial charge in [-0.3, -0.25) is 9.59 Å². The minimum Gasteiger partial charge on any atom is -0.494 e. The van der Waals surface area contributed by atoms with Crippen LogP contribution in [0.15, 0.2) is 24.3 Å². The molecule has 0 saturated carbocycles. The average molecular weight is 300 g/mol. The molecule has 1 amide bonds. The number of halogens is 1. The molecule has 0 atom stereocenters. The van der Waals surface area contributed by atoms with Gasteiger partial charge in [-0.25, -0.2) is 0 Å². The quantitative estimate of drug-likeness (QED) is 0.648. The molecule has 1 aromatic rings. The summed E-state index contributed by atoms with van der Waals surface area (Å²) in [6.07, 6.45) is -0.113. The molecule has 1 aromatic carbocycles. The van der Waals surface area contributed by atoms with Gasteiger partial charge >= 0.3 is 0 Å². The lowest BCUT2D eigenvalue weighted by atomic mass is 10.2. The Morgan fingerprint density at radius 3 is 2.47 bits per heavy atom. The number of ether oxygens (including phenoxy) is 1. The van der Waals surface area contributed by atoms with Gasteiger partial charge in [0.05, 0.1) is 18.4 Å². The highest BCUT2D eigenvalue weighted by Crippen LogP contribution is 2.15. The second kappa shape index (κ2) is 7.06. The predicted molar refractivity (Wildman–Crippen MR) is 69.7 cm³/mol. The standard InChI is InChI=1S/C12H14BrNO3/c1-2-17-11-5-3-9(4-6-11)14-12(16)7-10(15)8-13/h3-6H,2,7-8H2,1H3,(H,14,16). The smallest absolute Gasteiger partial charge is 0.231 e. The van der Waals surface area contributed by atoms with Crippen molar-refractivity contribution < 1.29 is 14.3 Å². The molecule has 0 radical (unpaired) electrons. The summed E-state index contributed by atoms with van der Waals surface area (Å²) in [6, 6.07) is 7.01. The zero-order valence-corrected chi connectivity index (χ0v) is 11.1. The van der Waals surface area contributed by atoms with Gasteiger partial charge in [-0.05, 0) is 31.2 Å². The van der Waals surface area contributed by atoms with Gasteiger partial charge in [-0.1, -0.05) is 15.9 Å². The highest BCUT2D eigenvalue weighted by atomic mass is 79.9. The molecule has 0 aliphatic carbocycles. The second-order valence-corrected chi connectivity index (χ2v) is 3.92. The van der Waals surface area contributed by atoms with Crippen LogP contribution in [0.1, 0.15) is 13.3 Å². The van der Waals surface area contributed by atoms with E-state index in [0.717, 1.165) is 5.75 Å². The number of amides is 1. The van der Waals surface area contributed by atoms with E-state index in [9.17, 15) is 9.59 Å². The minimum atomic E-state index is -0.307. The van der Waals surface area contributed by atoms with Crippen LogP contribution in [0.4, 0.5) is 5.69 Å². The van der Waals surface area contributed by atoms with E-state index in [-0.39, 0.29) is 23.4 Å². The van der Waals surface area contributed by atoms with Gasteiger partial charge in [0.1, 0.15) is 5.75 Å². The van der Waals surface area contributed by atoms with Gasteiger partial charge in [-0.2, -0.15) is 0 Å².